The lowest BCUT2D eigenvalue weighted by Crippen LogP contribution is -2.27. The summed E-state index contributed by atoms with van der Waals surface area (Å²) in [4.78, 5) is 13.0. The number of carbonyl (C=O) groups is 1. The highest BCUT2D eigenvalue weighted by Crippen LogP contribution is 2.24. The van der Waals surface area contributed by atoms with Crippen molar-refractivity contribution in [2.24, 2.45) is 0 Å². The topological polar surface area (TPSA) is 38.3 Å². The summed E-state index contributed by atoms with van der Waals surface area (Å²) < 4.78 is 5.04. The molecule has 0 amide bonds. The molecule has 18 heavy (non-hydrogen) atoms. The maximum Gasteiger partial charge on any atom is 0.327 e. The zero-order valence-corrected chi connectivity index (χ0v) is 12.2. The van der Waals surface area contributed by atoms with Gasteiger partial charge >= 0.3 is 5.97 Å². The minimum atomic E-state index is -0.386. The van der Waals surface area contributed by atoms with Crippen LogP contribution in [0.1, 0.15) is 32.4 Å². The molecular formula is C14H21NO2S. The summed E-state index contributed by atoms with van der Waals surface area (Å²) in [5.74, 6) is -0.232. The second kappa shape index (κ2) is 7.44. The van der Waals surface area contributed by atoms with E-state index in [1.54, 1.807) is 7.05 Å². The summed E-state index contributed by atoms with van der Waals surface area (Å²) >= 11 is 1.81. The van der Waals surface area contributed by atoms with Crippen molar-refractivity contribution < 1.29 is 9.53 Å². The lowest BCUT2D eigenvalue weighted by atomic mass is 10.1. The van der Waals surface area contributed by atoms with Crippen LogP contribution in [0.25, 0.3) is 0 Å². The summed E-state index contributed by atoms with van der Waals surface area (Å²) in [7, 11) is 1.76. The number of carbonyl (C=O) groups excluding carboxylic acids is 1. The van der Waals surface area contributed by atoms with Gasteiger partial charge in [-0.1, -0.05) is 26.0 Å². The Morgan fingerprint density at radius 1 is 1.33 bits per heavy atom. The Morgan fingerprint density at radius 3 is 2.39 bits per heavy atom. The van der Waals surface area contributed by atoms with Crippen molar-refractivity contribution in [2.45, 2.75) is 37.0 Å². The Balaban J connectivity index is 2.78. The SMILES string of the molecule is CCOC(=O)C(NC)c1ccc(SC(C)C)cc1. The molecule has 0 saturated heterocycles. The van der Waals surface area contributed by atoms with Crippen molar-refractivity contribution in [3.05, 3.63) is 29.8 Å². The standard InChI is InChI=1S/C14H21NO2S/c1-5-17-14(16)13(15-4)11-6-8-12(9-7-11)18-10(2)3/h6-10,13,15H,5H2,1-4H3. The van der Waals surface area contributed by atoms with Crippen molar-refractivity contribution in [3.8, 4) is 0 Å². The van der Waals surface area contributed by atoms with Crippen LogP contribution in [0.4, 0.5) is 0 Å². The normalized spacial score (nSPS) is 12.5. The number of ether oxygens (including phenoxy) is 1. The first-order valence-corrected chi connectivity index (χ1v) is 7.07. The molecule has 3 nitrogen and oxygen atoms in total. The molecule has 1 atom stereocenters. The van der Waals surface area contributed by atoms with Crippen LogP contribution in [-0.4, -0.2) is 24.9 Å². The fourth-order valence-corrected chi connectivity index (χ4v) is 2.49. The number of hydrogen-bond acceptors (Lipinski definition) is 4. The van der Waals surface area contributed by atoms with Crippen LogP contribution in [0, 0.1) is 0 Å². The van der Waals surface area contributed by atoms with E-state index in [4.69, 9.17) is 4.74 Å². The van der Waals surface area contributed by atoms with Gasteiger partial charge in [0.1, 0.15) is 6.04 Å². The highest BCUT2D eigenvalue weighted by molar-refractivity contribution is 7.99. The largest absolute Gasteiger partial charge is 0.465 e. The highest BCUT2D eigenvalue weighted by Gasteiger charge is 2.19. The maximum atomic E-state index is 11.7. The van der Waals surface area contributed by atoms with Gasteiger partial charge < -0.3 is 10.1 Å². The lowest BCUT2D eigenvalue weighted by molar-refractivity contribution is -0.145. The molecule has 0 saturated carbocycles. The first kappa shape index (κ1) is 15.1. The number of benzene rings is 1. The third-order valence-electron chi connectivity index (χ3n) is 2.40. The summed E-state index contributed by atoms with van der Waals surface area (Å²) in [6.45, 7) is 6.53. The highest BCUT2D eigenvalue weighted by atomic mass is 32.2. The molecule has 0 heterocycles. The van der Waals surface area contributed by atoms with Crippen molar-refractivity contribution in [1.29, 1.82) is 0 Å². The van der Waals surface area contributed by atoms with E-state index < -0.39 is 0 Å². The second-order valence-corrected chi connectivity index (χ2v) is 5.86. The maximum absolute atomic E-state index is 11.7. The molecule has 1 N–H and O–H groups in total. The minimum Gasteiger partial charge on any atom is -0.465 e. The van der Waals surface area contributed by atoms with E-state index in [0.29, 0.717) is 11.9 Å². The predicted molar refractivity (Wildman–Crippen MR) is 75.9 cm³/mol. The molecule has 0 fully saturated rings. The molecule has 100 valence electrons. The number of nitrogens with one attached hydrogen (secondary N) is 1. The van der Waals surface area contributed by atoms with Crippen LogP contribution in [0.5, 0.6) is 0 Å². The molecule has 0 aromatic heterocycles. The van der Waals surface area contributed by atoms with Crippen molar-refractivity contribution in [1.82, 2.24) is 5.32 Å². The molecule has 0 aliphatic rings. The zero-order chi connectivity index (χ0) is 13.5. The van der Waals surface area contributed by atoms with E-state index in [1.807, 2.05) is 43.0 Å². The van der Waals surface area contributed by atoms with Gasteiger partial charge in [-0.2, -0.15) is 0 Å². The van der Waals surface area contributed by atoms with E-state index in [-0.39, 0.29) is 12.0 Å². The Hall–Kier alpha value is -1.00. The van der Waals surface area contributed by atoms with E-state index in [0.717, 1.165) is 5.56 Å². The Morgan fingerprint density at radius 2 is 1.94 bits per heavy atom. The van der Waals surface area contributed by atoms with Gasteiger partial charge in [-0.15, -0.1) is 11.8 Å². The average Bonchev–Trinajstić information content (AvgIpc) is 2.32. The number of thioether (sulfide) groups is 1. The van der Waals surface area contributed by atoms with Crippen LogP contribution in [0.3, 0.4) is 0 Å². The Kier molecular flexibility index (Phi) is 6.22. The van der Waals surface area contributed by atoms with E-state index in [9.17, 15) is 4.79 Å². The van der Waals surface area contributed by atoms with Crippen LogP contribution >= 0.6 is 11.8 Å². The third kappa shape index (κ3) is 4.35. The van der Waals surface area contributed by atoms with Crippen molar-refractivity contribution in [2.75, 3.05) is 13.7 Å². The number of rotatable bonds is 6. The zero-order valence-electron chi connectivity index (χ0n) is 11.4. The van der Waals surface area contributed by atoms with E-state index in [2.05, 4.69) is 19.2 Å². The van der Waals surface area contributed by atoms with Gasteiger partial charge in [0.2, 0.25) is 0 Å². The summed E-state index contributed by atoms with van der Waals surface area (Å²) in [5.41, 5.74) is 0.934. The number of esters is 1. The second-order valence-electron chi connectivity index (χ2n) is 4.21. The average molecular weight is 267 g/mol. The molecule has 1 aromatic carbocycles. The summed E-state index contributed by atoms with van der Waals surface area (Å²) in [6.07, 6.45) is 0. The van der Waals surface area contributed by atoms with Crippen LogP contribution < -0.4 is 5.32 Å². The molecule has 1 unspecified atom stereocenters. The molecule has 1 aromatic rings. The lowest BCUT2D eigenvalue weighted by Gasteiger charge is -2.15. The molecule has 0 bridgehead atoms. The number of likely N-dealkylation sites (N-methyl/N-ethyl adjacent to an activating group) is 1. The van der Waals surface area contributed by atoms with Gasteiger partial charge in [0.25, 0.3) is 0 Å². The minimum absolute atomic E-state index is 0.232. The van der Waals surface area contributed by atoms with Crippen molar-refractivity contribution in [3.63, 3.8) is 0 Å². The Bertz CT molecular complexity index is 376. The summed E-state index contributed by atoms with van der Waals surface area (Å²) in [6, 6.07) is 7.65. The van der Waals surface area contributed by atoms with Gasteiger partial charge in [0.15, 0.2) is 0 Å². The first-order chi connectivity index (χ1) is 8.58. The molecular weight excluding hydrogens is 246 g/mol. The molecule has 4 heteroatoms. The number of hydrogen-bond donors (Lipinski definition) is 1. The van der Waals surface area contributed by atoms with Crippen LogP contribution in [0.2, 0.25) is 0 Å². The quantitative estimate of drug-likeness (QED) is 0.635. The molecule has 0 spiro atoms. The van der Waals surface area contributed by atoms with Crippen LogP contribution in [-0.2, 0) is 9.53 Å². The first-order valence-electron chi connectivity index (χ1n) is 6.19. The molecule has 0 aliphatic carbocycles. The van der Waals surface area contributed by atoms with Gasteiger partial charge in [-0.25, -0.2) is 4.79 Å². The predicted octanol–water partition coefficient (Wildman–Crippen LogP) is 3.01. The van der Waals surface area contributed by atoms with E-state index in [1.165, 1.54) is 4.90 Å². The van der Waals surface area contributed by atoms with E-state index >= 15 is 0 Å². The fraction of sp³-hybridized carbons (Fsp3) is 0.500. The van der Waals surface area contributed by atoms with Crippen molar-refractivity contribution >= 4 is 17.7 Å². The summed E-state index contributed by atoms with van der Waals surface area (Å²) in [5, 5.41) is 3.54. The monoisotopic (exact) mass is 267 g/mol. The third-order valence-corrected chi connectivity index (χ3v) is 3.41. The Labute approximate surface area is 113 Å². The smallest absolute Gasteiger partial charge is 0.327 e. The molecule has 0 aliphatic heterocycles. The van der Waals surface area contributed by atoms with Gasteiger partial charge in [0.05, 0.1) is 6.61 Å². The van der Waals surface area contributed by atoms with Crippen LogP contribution in [0.15, 0.2) is 29.2 Å². The van der Waals surface area contributed by atoms with Gasteiger partial charge in [-0.05, 0) is 31.7 Å². The van der Waals surface area contributed by atoms with Gasteiger partial charge in [0, 0.05) is 10.1 Å². The molecule has 1 rings (SSSR count). The van der Waals surface area contributed by atoms with Gasteiger partial charge in [-0.3, -0.25) is 0 Å². The molecule has 0 radical (unpaired) electrons. The fourth-order valence-electron chi connectivity index (χ4n) is 1.66.